The number of thiophene rings is 1. The normalized spacial score (nSPS) is 15.9. The van der Waals surface area contributed by atoms with Crippen LogP contribution < -0.4 is 11.1 Å². The number of nitrogens with zero attached hydrogens (tertiary/aromatic N) is 1. The predicted octanol–water partition coefficient (Wildman–Crippen LogP) is 1.63. The number of primary amides is 1. The van der Waals surface area contributed by atoms with Gasteiger partial charge in [-0.25, -0.2) is 4.79 Å². The second-order valence-electron chi connectivity index (χ2n) is 6.23. The SMILES string of the molecule is NC(=O)c1ccc(NC(=O)COC(=O)[C@@H]2CCCN2C(=O)c2cccs2)cc1. The quantitative estimate of drug-likeness (QED) is 0.713. The van der Waals surface area contributed by atoms with Gasteiger partial charge in [0.25, 0.3) is 11.8 Å². The highest BCUT2D eigenvalue weighted by atomic mass is 32.1. The van der Waals surface area contributed by atoms with Gasteiger partial charge in [-0.1, -0.05) is 6.07 Å². The molecule has 0 spiro atoms. The fourth-order valence-electron chi connectivity index (χ4n) is 2.94. The largest absolute Gasteiger partial charge is 0.454 e. The minimum Gasteiger partial charge on any atom is -0.454 e. The van der Waals surface area contributed by atoms with Gasteiger partial charge in [-0.2, -0.15) is 0 Å². The van der Waals surface area contributed by atoms with Gasteiger partial charge in [0.2, 0.25) is 5.91 Å². The number of likely N-dealkylation sites (tertiary alicyclic amines) is 1. The fourth-order valence-corrected chi connectivity index (χ4v) is 3.62. The number of anilines is 1. The summed E-state index contributed by atoms with van der Waals surface area (Å²) in [5.74, 6) is -1.88. The zero-order valence-corrected chi connectivity index (χ0v) is 15.7. The summed E-state index contributed by atoms with van der Waals surface area (Å²) in [7, 11) is 0. The lowest BCUT2D eigenvalue weighted by Gasteiger charge is -2.22. The topological polar surface area (TPSA) is 119 Å². The van der Waals surface area contributed by atoms with Crippen LogP contribution in [0, 0.1) is 0 Å². The van der Waals surface area contributed by atoms with Gasteiger partial charge < -0.3 is 20.7 Å². The Morgan fingerprint density at radius 3 is 2.57 bits per heavy atom. The molecule has 2 aromatic rings. The van der Waals surface area contributed by atoms with Gasteiger partial charge >= 0.3 is 5.97 Å². The molecule has 1 fully saturated rings. The van der Waals surface area contributed by atoms with E-state index in [9.17, 15) is 19.2 Å². The first-order chi connectivity index (χ1) is 13.5. The highest BCUT2D eigenvalue weighted by Gasteiger charge is 2.36. The number of benzene rings is 1. The summed E-state index contributed by atoms with van der Waals surface area (Å²) in [4.78, 5) is 49.9. The van der Waals surface area contributed by atoms with Crippen LogP contribution in [0.4, 0.5) is 5.69 Å². The van der Waals surface area contributed by atoms with Gasteiger partial charge in [0.1, 0.15) is 6.04 Å². The first kappa shape index (κ1) is 19.6. The Balaban J connectivity index is 1.52. The smallest absolute Gasteiger partial charge is 0.329 e. The third-order valence-corrected chi connectivity index (χ3v) is 5.17. The average Bonchev–Trinajstić information content (AvgIpc) is 3.38. The maximum atomic E-state index is 12.5. The van der Waals surface area contributed by atoms with E-state index in [2.05, 4.69) is 5.32 Å². The van der Waals surface area contributed by atoms with Crippen LogP contribution >= 0.6 is 11.3 Å². The van der Waals surface area contributed by atoms with Gasteiger partial charge in [-0.3, -0.25) is 14.4 Å². The number of rotatable bonds is 6. The number of hydrogen-bond donors (Lipinski definition) is 2. The van der Waals surface area contributed by atoms with Crippen molar-refractivity contribution in [1.29, 1.82) is 0 Å². The molecule has 0 radical (unpaired) electrons. The van der Waals surface area contributed by atoms with E-state index in [4.69, 9.17) is 10.5 Å². The molecule has 146 valence electrons. The number of carbonyl (C=O) groups is 4. The van der Waals surface area contributed by atoms with Crippen LogP contribution in [-0.4, -0.2) is 47.8 Å². The first-order valence-electron chi connectivity index (χ1n) is 8.66. The highest BCUT2D eigenvalue weighted by molar-refractivity contribution is 7.12. The Kier molecular flexibility index (Phi) is 6.05. The molecule has 1 saturated heterocycles. The molecule has 1 aromatic carbocycles. The van der Waals surface area contributed by atoms with Crippen LogP contribution in [0.25, 0.3) is 0 Å². The van der Waals surface area contributed by atoms with E-state index in [-0.39, 0.29) is 5.91 Å². The number of amides is 3. The van der Waals surface area contributed by atoms with Crippen molar-refractivity contribution in [3.05, 3.63) is 52.2 Å². The first-order valence-corrected chi connectivity index (χ1v) is 9.54. The molecule has 1 aliphatic heterocycles. The molecule has 0 aliphatic carbocycles. The van der Waals surface area contributed by atoms with Crippen LogP contribution in [0.2, 0.25) is 0 Å². The molecule has 0 saturated carbocycles. The zero-order valence-electron chi connectivity index (χ0n) is 14.9. The molecule has 3 rings (SSSR count). The number of carbonyl (C=O) groups excluding carboxylic acids is 4. The lowest BCUT2D eigenvalue weighted by atomic mass is 10.2. The number of nitrogens with one attached hydrogen (secondary N) is 1. The van der Waals surface area contributed by atoms with Crippen molar-refractivity contribution in [2.75, 3.05) is 18.5 Å². The summed E-state index contributed by atoms with van der Waals surface area (Å²) >= 11 is 1.32. The summed E-state index contributed by atoms with van der Waals surface area (Å²) in [6.45, 7) is 0.0167. The lowest BCUT2D eigenvalue weighted by Crippen LogP contribution is -2.41. The van der Waals surface area contributed by atoms with E-state index < -0.39 is 30.4 Å². The van der Waals surface area contributed by atoms with Crippen molar-refractivity contribution in [2.45, 2.75) is 18.9 Å². The van der Waals surface area contributed by atoms with E-state index in [0.29, 0.717) is 35.5 Å². The molecule has 28 heavy (non-hydrogen) atoms. The van der Waals surface area contributed by atoms with Crippen LogP contribution in [0.5, 0.6) is 0 Å². The maximum absolute atomic E-state index is 12.5. The minimum atomic E-state index is -0.683. The summed E-state index contributed by atoms with van der Waals surface area (Å²) < 4.78 is 5.10. The van der Waals surface area contributed by atoms with E-state index in [1.807, 2.05) is 0 Å². The third-order valence-electron chi connectivity index (χ3n) is 4.32. The Morgan fingerprint density at radius 2 is 1.93 bits per heavy atom. The van der Waals surface area contributed by atoms with Crippen molar-refractivity contribution in [3.8, 4) is 0 Å². The number of nitrogens with two attached hydrogens (primary N) is 1. The van der Waals surface area contributed by atoms with Crippen molar-refractivity contribution in [1.82, 2.24) is 4.90 Å². The Hall–Kier alpha value is -3.20. The molecule has 1 aliphatic rings. The van der Waals surface area contributed by atoms with Crippen molar-refractivity contribution >= 4 is 40.7 Å². The average molecular weight is 401 g/mol. The Bertz CT molecular complexity index is 879. The number of ether oxygens (including phenoxy) is 1. The zero-order chi connectivity index (χ0) is 20.1. The van der Waals surface area contributed by atoms with Crippen LogP contribution in [-0.2, 0) is 14.3 Å². The molecule has 3 amide bonds. The van der Waals surface area contributed by atoms with Gasteiger partial charge in [0.05, 0.1) is 4.88 Å². The van der Waals surface area contributed by atoms with Crippen molar-refractivity contribution < 1.29 is 23.9 Å². The van der Waals surface area contributed by atoms with E-state index in [0.717, 1.165) is 0 Å². The second-order valence-corrected chi connectivity index (χ2v) is 7.18. The molecule has 0 bridgehead atoms. The molecule has 3 N–H and O–H groups in total. The third kappa shape index (κ3) is 4.55. The maximum Gasteiger partial charge on any atom is 0.329 e. The predicted molar refractivity (Wildman–Crippen MR) is 103 cm³/mol. The molecule has 9 heteroatoms. The molecule has 0 unspecified atom stereocenters. The number of hydrogen-bond acceptors (Lipinski definition) is 6. The lowest BCUT2D eigenvalue weighted by molar-refractivity contribution is -0.151. The van der Waals surface area contributed by atoms with Crippen LogP contribution in [0.1, 0.15) is 32.9 Å². The highest BCUT2D eigenvalue weighted by Crippen LogP contribution is 2.23. The Morgan fingerprint density at radius 1 is 1.18 bits per heavy atom. The monoisotopic (exact) mass is 401 g/mol. The van der Waals surface area contributed by atoms with Crippen LogP contribution in [0.3, 0.4) is 0 Å². The van der Waals surface area contributed by atoms with E-state index in [1.54, 1.807) is 17.5 Å². The van der Waals surface area contributed by atoms with E-state index >= 15 is 0 Å². The standard InChI is InChI=1S/C19H19N3O5S/c20-17(24)12-5-7-13(8-6-12)21-16(23)11-27-19(26)14-3-1-9-22(14)18(25)15-4-2-10-28-15/h2,4-8,10,14H,1,3,9,11H2,(H2,20,24)(H,21,23)/t14-/m0/s1. The van der Waals surface area contributed by atoms with Gasteiger partial charge in [0, 0.05) is 17.8 Å². The van der Waals surface area contributed by atoms with E-state index in [1.165, 1.54) is 40.5 Å². The molecule has 8 nitrogen and oxygen atoms in total. The van der Waals surface area contributed by atoms with Crippen molar-refractivity contribution in [3.63, 3.8) is 0 Å². The van der Waals surface area contributed by atoms with Gasteiger partial charge in [-0.05, 0) is 48.6 Å². The molecular formula is C19H19N3O5S. The summed E-state index contributed by atoms with van der Waals surface area (Å²) in [5, 5.41) is 4.37. The molecule has 2 heterocycles. The summed E-state index contributed by atoms with van der Waals surface area (Å²) in [6.07, 6.45) is 1.21. The molecule has 1 atom stereocenters. The Labute approximate surface area is 165 Å². The number of esters is 1. The van der Waals surface area contributed by atoms with Gasteiger partial charge in [-0.15, -0.1) is 11.3 Å². The molecule has 1 aromatic heterocycles. The van der Waals surface area contributed by atoms with Gasteiger partial charge in [0.15, 0.2) is 6.61 Å². The summed E-state index contributed by atoms with van der Waals surface area (Å²) in [6, 6.07) is 8.83. The fraction of sp³-hybridized carbons (Fsp3) is 0.263. The molecular weight excluding hydrogens is 382 g/mol. The van der Waals surface area contributed by atoms with Crippen LogP contribution in [0.15, 0.2) is 41.8 Å². The summed E-state index contributed by atoms with van der Waals surface area (Å²) in [5.41, 5.74) is 5.92. The van der Waals surface area contributed by atoms with Crippen molar-refractivity contribution in [2.24, 2.45) is 5.73 Å². The second kappa shape index (κ2) is 8.66. The minimum absolute atomic E-state index is 0.201.